The van der Waals surface area contributed by atoms with Gasteiger partial charge in [-0.3, -0.25) is 9.59 Å². The Morgan fingerprint density at radius 1 is 0.889 bits per heavy atom. The van der Waals surface area contributed by atoms with Crippen molar-refractivity contribution in [2.75, 3.05) is 12.4 Å². The van der Waals surface area contributed by atoms with Crippen molar-refractivity contribution in [3.8, 4) is 0 Å². The van der Waals surface area contributed by atoms with Gasteiger partial charge in [0.2, 0.25) is 10.0 Å². The summed E-state index contributed by atoms with van der Waals surface area (Å²) in [6.45, 7) is 5.25. The van der Waals surface area contributed by atoms with Gasteiger partial charge in [-0.05, 0) is 63.2 Å². The van der Waals surface area contributed by atoms with E-state index in [1.54, 1.807) is 45.0 Å². The Kier molecular flexibility index (Phi) is 6.02. The molecule has 0 heterocycles. The molecule has 0 atom stereocenters. The number of sulfonamides is 1. The maximum absolute atomic E-state index is 12.4. The second kappa shape index (κ2) is 7.89. The molecule has 2 aromatic rings. The molecule has 27 heavy (non-hydrogen) atoms. The summed E-state index contributed by atoms with van der Waals surface area (Å²) < 4.78 is 27.2. The molecule has 0 radical (unpaired) electrons. The van der Waals surface area contributed by atoms with Gasteiger partial charge >= 0.3 is 0 Å². The zero-order chi connectivity index (χ0) is 20.2. The number of rotatable bonds is 5. The lowest BCUT2D eigenvalue weighted by Crippen LogP contribution is -2.40. The van der Waals surface area contributed by atoms with Gasteiger partial charge in [-0.25, -0.2) is 13.1 Å². The van der Waals surface area contributed by atoms with E-state index in [2.05, 4.69) is 15.4 Å². The van der Waals surface area contributed by atoms with E-state index in [1.807, 2.05) is 0 Å². The summed E-state index contributed by atoms with van der Waals surface area (Å²) in [4.78, 5) is 24.1. The maximum Gasteiger partial charge on any atom is 0.255 e. The van der Waals surface area contributed by atoms with E-state index in [9.17, 15) is 18.0 Å². The summed E-state index contributed by atoms with van der Waals surface area (Å²) in [5, 5.41) is 5.21. The quantitative estimate of drug-likeness (QED) is 0.730. The third kappa shape index (κ3) is 5.63. The summed E-state index contributed by atoms with van der Waals surface area (Å²) in [5.74, 6) is -0.663. The Labute approximate surface area is 159 Å². The highest BCUT2D eigenvalue weighted by molar-refractivity contribution is 7.89. The van der Waals surface area contributed by atoms with E-state index in [0.717, 1.165) is 0 Å². The SMILES string of the molecule is CNC(=O)c1cccc(NC(=O)c2ccc(S(=O)(=O)NC(C)(C)C)cc2)c1. The molecule has 0 fully saturated rings. The summed E-state index contributed by atoms with van der Waals surface area (Å²) in [7, 11) is -2.14. The molecule has 2 aromatic carbocycles. The smallest absolute Gasteiger partial charge is 0.255 e. The molecule has 8 heteroatoms. The van der Waals surface area contributed by atoms with Crippen LogP contribution in [0.1, 0.15) is 41.5 Å². The molecule has 0 aliphatic heterocycles. The van der Waals surface area contributed by atoms with E-state index in [-0.39, 0.29) is 10.8 Å². The van der Waals surface area contributed by atoms with Crippen molar-refractivity contribution >= 4 is 27.5 Å². The van der Waals surface area contributed by atoms with E-state index >= 15 is 0 Å². The van der Waals surface area contributed by atoms with Crippen molar-refractivity contribution in [2.45, 2.75) is 31.2 Å². The van der Waals surface area contributed by atoms with Crippen molar-refractivity contribution in [1.82, 2.24) is 10.0 Å². The summed E-state index contributed by atoms with van der Waals surface area (Å²) >= 11 is 0. The number of hydrogen-bond acceptors (Lipinski definition) is 4. The molecule has 0 aliphatic rings. The molecule has 0 aromatic heterocycles. The van der Waals surface area contributed by atoms with Gasteiger partial charge in [-0.2, -0.15) is 0 Å². The van der Waals surface area contributed by atoms with Gasteiger partial charge in [0.05, 0.1) is 4.90 Å². The van der Waals surface area contributed by atoms with Crippen LogP contribution in [0.5, 0.6) is 0 Å². The van der Waals surface area contributed by atoms with E-state index < -0.39 is 21.5 Å². The zero-order valence-electron chi connectivity index (χ0n) is 15.7. The Hall–Kier alpha value is -2.71. The van der Waals surface area contributed by atoms with Gasteiger partial charge in [-0.1, -0.05) is 6.07 Å². The minimum atomic E-state index is -3.66. The minimum Gasteiger partial charge on any atom is -0.355 e. The fourth-order valence-electron chi connectivity index (χ4n) is 2.33. The number of nitrogens with one attached hydrogen (secondary N) is 3. The standard InChI is InChI=1S/C19H23N3O4S/c1-19(2,3)22-27(25,26)16-10-8-13(9-11-16)18(24)21-15-7-5-6-14(12-15)17(23)20-4/h5-12,22H,1-4H3,(H,20,23)(H,21,24). The molecule has 2 rings (SSSR count). The number of amides is 2. The van der Waals surface area contributed by atoms with Crippen LogP contribution in [-0.2, 0) is 10.0 Å². The van der Waals surface area contributed by atoms with Gasteiger partial charge in [0.1, 0.15) is 0 Å². The van der Waals surface area contributed by atoms with Crippen LogP contribution in [0.4, 0.5) is 5.69 Å². The second-order valence-electron chi connectivity index (χ2n) is 6.99. The highest BCUT2D eigenvalue weighted by Crippen LogP contribution is 2.16. The predicted molar refractivity (Wildman–Crippen MR) is 104 cm³/mol. The summed E-state index contributed by atoms with van der Waals surface area (Å²) in [6, 6.07) is 12.2. The van der Waals surface area contributed by atoms with Crippen LogP contribution in [0, 0.1) is 0 Å². The summed E-state index contributed by atoms with van der Waals surface area (Å²) in [6.07, 6.45) is 0. The second-order valence-corrected chi connectivity index (χ2v) is 8.68. The van der Waals surface area contributed by atoms with Gasteiger partial charge in [0, 0.05) is 29.4 Å². The number of carbonyl (C=O) groups excluding carboxylic acids is 2. The minimum absolute atomic E-state index is 0.0792. The van der Waals surface area contributed by atoms with Crippen LogP contribution in [0.25, 0.3) is 0 Å². The highest BCUT2D eigenvalue weighted by Gasteiger charge is 2.22. The third-order valence-corrected chi connectivity index (χ3v) is 5.25. The van der Waals surface area contributed by atoms with Crippen LogP contribution < -0.4 is 15.4 Å². The summed E-state index contributed by atoms with van der Waals surface area (Å²) in [5.41, 5.74) is 0.581. The van der Waals surface area contributed by atoms with Gasteiger partial charge in [0.25, 0.3) is 11.8 Å². The Morgan fingerprint density at radius 2 is 1.52 bits per heavy atom. The molecule has 0 saturated heterocycles. The lowest BCUT2D eigenvalue weighted by molar-refractivity contribution is 0.0961. The molecular formula is C19H23N3O4S. The Morgan fingerprint density at radius 3 is 2.07 bits per heavy atom. The van der Waals surface area contributed by atoms with Gasteiger partial charge < -0.3 is 10.6 Å². The van der Waals surface area contributed by atoms with Crippen molar-refractivity contribution in [3.05, 3.63) is 59.7 Å². The van der Waals surface area contributed by atoms with Crippen molar-refractivity contribution in [1.29, 1.82) is 0 Å². The van der Waals surface area contributed by atoms with Crippen LogP contribution in [-0.4, -0.2) is 32.8 Å². The Balaban J connectivity index is 2.16. The number of carbonyl (C=O) groups is 2. The molecule has 0 spiro atoms. The van der Waals surface area contributed by atoms with Crippen molar-refractivity contribution < 1.29 is 18.0 Å². The highest BCUT2D eigenvalue weighted by atomic mass is 32.2. The lowest BCUT2D eigenvalue weighted by Gasteiger charge is -2.20. The number of anilines is 1. The first-order chi connectivity index (χ1) is 12.5. The molecule has 0 aliphatic carbocycles. The van der Waals surface area contributed by atoms with E-state index in [4.69, 9.17) is 0 Å². The first-order valence-electron chi connectivity index (χ1n) is 8.29. The predicted octanol–water partition coefficient (Wildman–Crippen LogP) is 2.38. The fourth-order valence-corrected chi connectivity index (χ4v) is 3.75. The first kappa shape index (κ1) is 20.6. The van der Waals surface area contributed by atoms with E-state index in [1.165, 1.54) is 31.3 Å². The van der Waals surface area contributed by atoms with Gasteiger partial charge in [-0.15, -0.1) is 0 Å². The van der Waals surface area contributed by atoms with Crippen LogP contribution in [0.2, 0.25) is 0 Å². The average molecular weight is 389 g/mol. The molecule has 144 valence electrons. The monoisotopic (exact) mass is 389 g/mol. The van der Waals surface area contributed by atoms with Crippen molar-refractivity contribution in [2.24, 2.45) is 0 Å². The van der Waals surface area contributed by atoms with E-state index in [0.29, 0.717) is 16.8 Å². The molecule has 2 amide bonds. The largest absolute Gasteiger partial charge is 0.355 e. The van der Waals surface area contributed by atoms with Crippen LogP contribution in [0.15, 0.2) is 53.4 Å². The van der Waals surface area contributed by atoms with Gasteiger partial charge in [0.15, 0.2) is 0 Å². The first-order valence-corrected chi connectivity index (χ1v) is 9.78. The molecule has 0 bridgehead atoms. The molecule has 3 N–H and O–H groups in total. The molecule has 7 nitrogen and oxygen atoms in total. The molecule has 0 saturated carbocycles. The topological polar surface area (TPSA) is 104 Å². The average Bonchev–Trinajstić information content (AvgIpc) is 2.59. The van der Waals surface area contributed by atoms with Crippen molar-refractivity contribution in [3.63, 3.8) is 0 Å². The lowest BCUT2D eigenvalue weighted by atomic mass is 10.1. The molecular weight excluding hydrogens is 366 g/mol. The normalized spacial score (nSPS) is 11.7. The fraction of sp³-hybridized carbons (Fsp3) is 0.263. The Bertz CT molecular complexity index is 946. The van der Waals surface area contributed by atoms with Crippen LogP contribution >= 0.6 is 0 Å². The maximum atomic E-state index is 12.4. The number of hydrogen-bond donors (Lipinski definition) is 3. The zero-order valence-corrected chi connectivity index (χ0v) is 16.5. The number of benzene rings is 2. The third-order valence-electron chi connectivity index (χ3n) is 3.48. The van der Waals surface area contributed by atoms with Crippen LogP contribution in [0.3, 0.4) is 0 Å². The molecule has 0 unspecified atom stereocenters.